The average molecular weight is 446 g/mol. The topological polar surface area (TPSA) is 47.6 Å². The molecule has 0 saturated heterocycles. The molecule has 0 unspecified atom stereocenters. The monoisotopic (exact) mass is 445 g/mol. The van der Waals surface area contributed by atoms with E-state index in [1.165, 1.54) is 0 Å². The van der Waals surface area contributed by atoms with Gasteiger partial charge in [-0.15, -0.1) is 0 Å². The molecule has 4 aromatic rings. The predicted molar refractivity (Wildman–Crippen MR) is 129 cm³/mol. The van der Waals surface area contributed by atoms with Crippen molar-refractivity contribution in [2.75, 3.05) is 6.61 Å². The summed E-state index contributed by atoms with van der Waals surface area (Å²) in [6, 6.07) is 27.0. The Bertz CT molecular complexity index is 1240. The summed E-state index contributed by atoms with van der Waals surface area (Å²) >= 11 is 6.19. The Balaban J connectivity index is 1.49. The minimum absolute atomic E-state index is 0.181. The van der Waals surface area contributed by atoms with Crippen LogP contribution in [0.15, 0.2) is 84.9 Å². The molecule has 0 saturated carbocycles. The molecule has 4 nitrogen and oxygen atoms in total. The second-order valence-corrected chi connectivity index (χ2v) is 7.73. The van der Waals surface area contributed by atoms with Crippen LogP contribution in [0.4, 0.5) is 0 Å². The van der Waals surface area contributed by atoms with Gasteiger partial charge in [-0.25, -0.2) is 0 Å². The maximum absolute atomic E-state index is 12.7. The molecule has 0 bridgehead atoms. The smallest absolute Gasteiger partial charge is 0.251 e. The fourth-order valence-electron chi connectivity index (χ4n) is 3.47. The van der Waals surface area contributed by atoms with E-state index in [9.17, 15) is 4.79 Å². The lowest BCUT2D eigenvalue weighted by molar-refractivity contribution is 0.0950. The largest absolute Gasteiger partial charge is 0.493 e. The number of nitrogens with one attached hydrogen (secondary N) is 1. The van der Waals surface area contributed by atoms with Gasteiger partial charge in [0.15, 0.2) is 0 Å². The molecule has 4 rings (SSSR count). The molecular weight excluding hydrogens is 422 g/mol. The zero-order chi connectivity index (χ0) is 22.3. The lowest BCUT2D eigenvalue weighted by atomic mass is 10.1. The van der Waals surface area contributed by atoms with Crippen LogP contribution < -0.4 is 14.8 Å². The normalized spacial score (nSPS) is 10.7. The minimum Gasteiger partial charge on any atom is -0.493 e. The lowest BCUT2D eigenvalue weighted by Crippen LogP contribution is -2.23. The molecule has 0 aliphatic heterocycles. The highest BCUT2D eigenvalue weighted by atomic mass is 35.5. The number of rotatable bonds is 8. The fraction of sp³-hybridized carbons (Fsp3) is 0.148. The number of amides is 1. The summed E-state index contributed by atoms with van der Waals surface area (Å²) in [5, 5.41) is 5.83. The number of carbonyl (C=O) groups excluding carboxylic acids is 1. The van der Waals surface area contributed by atoms with Gasteiger partial charge in [-0.05, 0) is 59.7 Å². The molecule has 1 N–H and O–H groups in total. The van der Waals surface area contributed by atoms with Gasteiger partial charge in [0, 0.05) is 22.7 Å². The first kappa shape index (κ1) is 21.7. The molecule has 4 aromatic carbocycles. The summed E-state index contributed by atoms with van der Waals surface area (Å²) in [5.74, 6) is 1.29. The molecule has 0 aliphatic rings. The van der Waals surface area contributed by atoms with Gasteiger partial charge in [-0.3, -0.25) is 4.79 Å². The summed E-state index contributed by atoms with van der Waals surface area (Å²) < 4.78 is 11.8. The van der Waals surface area contributed by atoms with E-state index in [4.69, 9.17) is 21.1 Å². The fourth-order valence-corrected chi connectivity index (χ4v) is 3.67. The van der Waals surface area contributed by atoms with Gasteiger partial charge >= 0.3 is 0 Å². The van der Waals surface area contributed by atoms with Crippen molar-refractivity contribution in [1.82, 2.24) is 5.32 Å². The third-order valence-corrected chi connectivity index (χ3v) is 5.50. The number of hydrogen-bond acceptors (Lipinski definition) is 3. The SMILES string of the molecule is CCOc1ccc(C(=O)NCc2ccccc2Cl)cc1COc1ccc2ccccc2c1. The zero-order valence-electron chi connectivity index (χ0n) is 17.8. The zero-order valence-corrected chi connectivity index (χ0v) is 18.6. The molecule has 0 atom stereocenters. The van der Waals surface area contributed by atoms with Gasteiger partial charge in [0.2, 0.25) is 0 Å². The number of halogens is 1. The standard InChI is InChI=1S/C27H24ClNO3/c1-2-31-26-14-12-21(27(30)29-17-22-9-5-6-10-25(22)28)15-23(26)18-32-24-13-11-19-7-3-4-8-20(19)16-24/h3-16H,2,17-18H2,1H3,(H,29,30). The van der Waals surface area contributed by atoms with Gasteiger partial charge in [0.05, 0.1) is 6.61 Å². The second-order valence-electron chi connectivity index (χ2n) is 7.33. The van der Waals surface area contributed by atoms with E-state index >= 15 is 0 Å². The summed E-state index contributed by atoms with van der Waals surface area (Å²) in [6.07, 6.45) is 0. The predicted octanol–water partition coefficient (Wildman–Crippen LogP) is 6.40. The average Bonchev–Trinajstić information content (AvgIpc) is 2.82. The van der Waals surface area contributed by atoms with Crippen LogP contribution in [0, 0.1) is 0 Å². The molecule has 0 spiro atoms. The van der Waals surface area contributed by atoms with Crippen LogP contribution in [0.25, 0.3) is 10.8 Å². The summed E-state index contributed by atoms with van der Waals surface area (Å²) in [5.41, 5.74) is 2.22. The van der Waals surface area contributed by atoms with Crippen molar-refractivity contribution in [2.45, 2.75) is 20.1 Å². The maximum Gasteiger partial charge on any atom is 0.251 e. The Morgan fingerprint density at radius 3 is 2.44 bits per heavy atom. The first-order valence-corrected chi connectivity index (χ1v) is 10.9. The first-order valence-electron chi connectivity index (χ1n) is 10.5. The van der Waals surface area contributed by atoms with E-state index in [2.05, 4.69) is 17.4 Å². The van der Waals surface area contributed by atoms with Gasteiger partial charge < -0.3 is 14.8 Å². The van der Waals surface area contributed by atoms with Crippen LogP contribution in [0.1, 0.15) is 28.4 Å². The van der Waals surface area contributed by atoms with Crippen LogP contribution in [0.3, 0.4) is 0 Å². The van der Waals surface area contributed by atoms with Crippen LogP contribution in [0.2, 0.25) is 5.02 Å². The Kier molecular flexibility index (Phi) is 6.93. The molecule has 0 heterocycles. The summed E-state index contributed by atoms with van der Waals surface area (Å²) in [7, 11) is 0. The molecule has 0 radical (unpaired) electrons. The van der Waals surface area contributed by atoms with Crippen molar-refractivity contribution >= 4 is 28.3 Å². The Morgan fingerprint density at radius 1 is 0.844 bits per heavy atom. The van der Waals surface area contributed by atoms with E-state index in [1.54, 1.807) is 6.07 Å². The van der Waals surface area contributed by atoms with E-state index in [0.29, 0.717) is 36.1 Å². The van der Waals surface area contributed by atoms with E-state index in [0.717, 1.165) is 27.6 Å². The third-order valence-electron chi connectivity index (χ3n) is 5.14. The van der Waals surface area contributed by atoms with Crippen molar-refractivity contribution in [2.24, 2.45) is 0 Å². The molecule has 162 valence electrons. The number of ether oxygens (including phenoxy) is 2. The van der Waals surface area contributed by atoms with E-state index in [-0.39, 0.29) is 5.91 Å². The quantitative estimate of drug-likeness (QED) is 0.341. The Labute approximate surface area is 192 Å². The number of carbonyl (C=O) groups is 1. The third kappa shape index (κ3) is 5.21. The highest BCUT2D eigenvalue weighted by Crippen LogP contribution is 2.25. The Morgan fingerprint density at radius 2 is 1.62 bits per heavy atom. The summed E-state index contributed by atoms with van der Waals surface area (Å²) in [4.78, 5) is 12.7. The van der Waals surface area contributed by atoms with E-state index in [1.807, 2.05) is 73.7 Å². The number of hydrogen-bond donors (Lipinski definition) is 1. The minimum atomic E-state index is -0.181. The van der Waals surface area contributed by atoms with Crippen molar-refractivity contribution < 1.29 is 14.3 Å². The van der Waals surface area contributed by atoms with Crippen molar-refractivity contribution in [3.05, 3.63) is 107 Å². The molecule has 0 fully saturated rings. The maximum atomic E-state index is 12.7. The highest BCUT2D eigenvalue weighted by Gasteiger charge is 2.12. The van der Waals surface area contributed by atoms with Gasteiger partial charge in [-0.1, -0.05) is 60.1 Å². The van der Waals surface area contributed by atoms with Crippen LogP contribution in [0.5, 0.6) is 11.5 Å². The molecule has 5 heteroatoms. The Hall–Kier alpha value is -3.50. The van der Waals surface area contributed by atoms with Crippen LogP contribution >= 0.6 is 11.6 Å². The van der Waals surface area contributed by atoms with Gasteiger partial charge in [0.1, 0.15) is 18.1 Å². The van der Waals surface area contributed by atoms with Crippen molar-refractivity contribution in [3.63, 3.8) is 0 Å². The van der Waals surface area contributed by atoms with Crippen molar-refractivity contribution in [1.29, 1.82) is 0 Å². The first-order chi connectivity index (χ1) is 15.6. The highest BCUT2D eigenvalue weighted by molar-refractivity contribution is 6.31. The van der Waals surface area contributed by atoms with Crippen molar-refractivity contribution in [3.8, 4) is 11.5 Å². The van der Waals surface area contributed by atoms with Gasteiger partial charge in [0.25, 0.3) is 5.91 Å². The molecule has 1 amide bonds. The number of fused-ring (bicyclic) bond motifs is 1. The molecule has 0 aliphatic carbocycles. The van der Waals surface area contributed by atoms with Gasteiger partial charge in [-0.2, -0.15) is 0 Å². The second kappa shape index (κ2) is 10.2. The molecule has 32 heavy (non-hydrogen) atoms. The summed E-state index contributed by atoms with van der Waals surface area (Å²) in [6.45, 7) is 3.10. The molecule has 0 aromatic heterocycles. The van der Waals surface area contributed by atoms with E-state index < -0.39 is 0 Å². The lowest BCUT2D eigenvalue weighted by Gasteiger charge is -2.14. The number of benzene rings is 4. The van der Waals surface area contributed by atoms with Crippen LogP contribution in [-0.4, -0.2) is 12.5 Å². The van der Waals surface area contributed by atoms with Crippen LogP contribution in [-0.2, 0) is 13.2 Å². The molecular formula is C27H24ClNO3.